The first kappa shape index (κ1) is 13.9. The zero-order valence-electron chi connectivity index (χ0n) is 11.6. The monoisotopic (exact) mass is 273 g/mol. The molecule has 0 atom stereocenters. The summed E-state index contributed by atoms with van der Waals surface area (Å²) in [5, 5.41) is 2.88. The molecule has 100 valence electrons. The average Bonchev–Trinajstić information content (AvgIpc) is 2.74. The van der Waals surface area contributed by atoms with Gasteiger partial charge in [-0.15, -0.1) is 11.3 Å². The van der Waals surface area contributed by atoms with Crippen molar-refractivity contribution in [1.29, 1.82) is 0 Å². The minimum atomic E-state index is 0.153. The van der Waals surface area contributed by atoms with Gasteiger partial charge in [-0.1, -0.05) is 32.0 Å². The number of aromatic nitrogens is 1. The fraction of sp³-hybridized carbons (Fsp3) is 0.375. The van der Waals surface area contributed by atoms with Gasteiger partial charge >= 0.3 is 0 Å². The van der Waals surface area contributed by atoms with Crippen LogP contribution in [0.1, 0.15) is 40.5 Å². The van der Waals surface area contributed by atoms with Crippen LogP contribution in [0.25, 0.3) is 0 Å². The maximum absolute atomic E-state index is 12.2. The maximum Gasteiger partial charge on any atom is 0.169 e. The molecular formula is C16H19NOS. The Morgan fingerprint density at radius 2 is 2.16 bits per heavy atom. The molecule has 0 saturated heterocycles. The summed E-state index contributed by atoms with van der Waals surface area (Å²) in [7, 11) is 0. The van der Waals surface area contributed by atoms with E-state index in [9.17, 15) is 4.79 Å². The summed E-state index contributed by atoms with van der Waals surface area (Å²) < 4.78 is 0. The molecule has 0 unspecified atom stereocenters. The van der Waals surface area contributed by atoms with E-state index in [0.29, 0.717) is 12.3 Å². The third-order valence-corrected chi connectivity index (χ3v) is 3.84. The predicted octanol–water partition coefficient (Wildman–Crippen LogP) is 4.08. The Labute approximate surface area is 118 Å². The predicted molar refractivity (Wildman–Crippen MR) is 79.9 cm³/mol. The molecule has 3 heteroatoms. The SMILES string of the molecule is Cc1csc(CC(=O)c2cccc(CC(C)C)c2)n1. The Morgan fingerprint density at radius 1 is 1.37 bits per heavy atom. The van der Waals surface area contributed by atoms with Crippen molar-refractivity contribution in [2.24, 2.45) is 5.92 Å². The van der Waals surface area contributed by atoms with Gasteiger partial charge in [0.25, 0.3) is 0 Å². The van der Waals surface area contributed by atoms with Crippen LogP contribution < -0.4 is 0 Å². The van der Waals surface area contributed by atoms with Crippen molar-refractivity contribution in [3.8, 4) is 0 Å². The summed E-state index contributed by atoms with van der Waals surface area (Å²) >= 11 is 1.56. The number of carbonyl (C=O) groups is 1. The number of ketones is 1. The first-order chi connectivity index (χ1) is 9.04. The second-order valence-corrected chi connectivity index (χ2v) is 6.22. The summed E-state index contributed by atoms with van der Waals surface area (Å²) in [4.78, 5) is 16.6. The Bertz CT molecular complexity index is 572. The number of rotatable bonds is 5. The van der Waals surface area contributed by atoms with Crippen molar-refractivity contribution in [3.63, 3.8) is 0 Å². The van der Waals surface area contributed by atoms with Gasteiger partial charge in [0, 0.05) is 16.6 Å². The molecule has 0 N–H and O–H groups in total. The standard InChI is InChI=1S/C16H19NOS/c1-11(2)7-13-5-4-6-14(8-13)15(18)9-16-17-12(3)10-19-16/h4-6,8,10-11H,7,9H2,1-3H3. The molecule has 0 fully saturated rings. The highest BCUT2D eigenvalue weighted by Gasteiger charge is 2.10. The van der Waals surface area contributed by atoms with Gasteiger partial charge in [0.1, 0.15) is 5.01 Å². The molecule has 1 heterocycles. The number of thiazole rings is 1. The average molecular weight is 273 g/mol. The number of benzene rings is 1. The normalized spacial score (nSPS) is 10.9. The number of hydrogen-bond acceptors (Lipinski definition) is 3. The first-order valence-electron chi connectivity index (χ1n) is 6.57. The van der Waals surface area contributed by atoms with Gasteiger partial charge in [0.05, 0.1) is 6.42 Å². The summed E-state index contributed by atoms with van der Waals surface area (Å²) in [5.41, 5.74) is 3.02. The van der Waals surface area contributed by atoms with Crippen LogP contribution in [0.15, 0.2) is 29.6 Å². The molecule has 0 aliphatic carbocycles. The van der Waals surface area contributed by atoms with Crippen molar-refractivity contribution in [3.05, 3.63) is 51.5 Å². The number of hydrogen-bond donors (Lipinski definition) is 0. The molecule has 0 bridgehead atoms. The molecule has 1 aromatic heterocycles. The van der Waals surface area contributed by atoms with Crippen LogP contribution in [0.4, 0.5) is 0 Å². The molecule has 0 aliphatic rings. The first-order valence-corrected chi connectivity index (χ1v) is 7.45. The lowest BCUT2D eigenvalue weighted by molar-refractivity contribution is 0.0993. The van der Waals surface area contributed by atoms with Gasteiger partial charge < -0.3 is 0 Å². The van der Waals surface area contributed by atoms with E-state index in [1.165, 1.54) is 5.56 Å². The fourth-order valence-electron chi connectivity index (χ4n) is 2.07. The number of aryl methyl sites for hydroxylation is 1. The van der Waals surface area contributed by atoms with Crippen LogP contribution in [0.5, 0.6) is 0 Å². The number of carbonyl (C=O) groups excluding carboxylic acids is 1. The molecule has 1 aromatic carbocycles. The van der Waals surface area contributed by atoms with Gasteiger partial charge in [0.15, 0.2) is 5.78 Å². The van der Waals surface area contributed by atoms with Gasteiger partial charge in [-0.05, 0) is 30.9 Å². The number of Topliss-reactive ketones (excluding diaryl/α,β-unsaturated/α-hetero) is 1. The molecule has 0 amide bonds. The maximum atomic E-state index is 12.2. The Balaban J connectivity index is 2.10. The Kier molecular flexibility index (Phi) is 4.48. The van der Waals surface area contributed by atoms with E-state index in [1.54, 1.807) is 11.3 Å². The van der Waals surface area contributed by atoms with Crippen LogP contribution in [0, 0.1) is 12.8 Å². The summed E-state index contributed by atoms with van der Waals surface area (Å²) in [6.07, 6.45) is 1.42. The third kappa shape index (κ3) is 4.00. The van der Waals surface area contributed by atoms with E-state index in [2.05, 4.69) is 24.9 Å². The van der Waals surface area contributed by atoms with Gasteiger partial charge in [0.2, 0.25) is 0 Å². The molecule has 0 saturated carbocycles. The zero-order valence-corrected chi connectivity index (χ0v) is 12.5. The summed E-state index contributed by atoms with van der Waals surface area (Å²) in [6, 6.07) is 7.97. The van der Waals surface area contributed by atoms with E-state index in [4.69, 9.17) is 0 Å². The van der Waals surface area contributed by atoms with E-state index >= 15 is 0 Å². The summed E-state index contributed by atoms with van der Waals surface area (Å²) in [5.74, 6) is 0.756. The quantitative estimate of drug-likeness (QED) is 0.768. The highest BCUT2D eigenvalue weighted by Crippen LogP contribution is 2.15. The largest absolute Gasteiger partial charge is 0.294 e. The Morgan fingerprint density at radius 3 is 2.79 bits per heavy atom. The molecular weight excluding hydrogens is 254 g/mol. The second-order valence-electron chi connectivity index (χ2n) is 5.28. The molecule has 0 spiro atoms. The van der Waals surface area contributed by atoms with Crippen molar-refractivity contribution >= 4 is 17.1 Å². The minimum Gasteiger partial charge on any atom is -0.294 e. The molecule has 19 heavy (non-hydrogen) atoms. The molecule has 2 rings (SSSR count). The van der Waals surface area contributed by atoms with E-state index < -0.39 is 0 Å². The molecule has 0 radical (unpaired) electrons. The van der Waals surface area contributed by atoms with Gasteiger partial charge in [-0.25, -0.2) is 4.98 Å². The molecule has 2 aromatic rings. The third-order valence-electron chi connectivity index (χ3n) is 2.87. The summed E-state index contributed by atoms with van der Waals surface area (Å²) in [6.45, 7) is 6.33. The highest BCUT2D eigenvalue weighted by molar-refractivity contribution is 7.09. The lowest BCUT2D eigenvalue weighted by Gasteiger charge is -2.06. The Hall–Kier alpha value is -1.48. The number of nitrogens with zero attached hydrogens (tertiary/aromatic N) is 1. The van der Waals surface area contributed by atoms with Gasteiger partial charge in [-0.3, -0.25) is 4.79 Å². The van der Waals surface area contributed by atoms with Crippen molar-refractivity contribution in [2.45, 2.75) is 33.6 Å². The van der Waals surface area contributed by atoms with Crippen molar-refractivity contribution in [2.75, 3.05) is 0 Å². The fourth-order valence-corrected chi connectivity index (χ4v) is 2.84. The smallest absolute Gasteiger partial charge is 0.169 e. The minimum absolute atomic E-state index is 0.153. The lowest BCUT2D eigenvalue weighted by Crippen LogP contribution is -2.04. The van der Waals surface area contributed by atoms with Crippen molar-refractivity contribution < 1.29 is 4.79 Å². The lowest BCUT2D eigenvalue weighted by atomic mass is 9.99. The van der Waals surface area contributed by atoms with Crippen LogP contribution in [0.3, 0.4) is 0 Å². The van der Waals surface area contributed by atoms with Crippen LogP contribution >= 0.6 is 11.3 Å². The second kappa shape index (κ2) is 6.11. The highest BCUT2D eigenvalue weighted by atomic mass is 32.1. The molecule has 2 nitrogen and oxygen atoms in total. The van der Waals surface area contributed by atoms with E-state index in [-0.39, 0.29) is 5.78 Å². The van der Waals surface area contributed by atoms with Gasteiger partial charge in [-0.2, -0.15) is 0 Å². The van der Waals surface area contributed by atoms with E-state index in [0.717, 1.165) is 22.7 Å². The molecule has 0 aliphatic heterocycles. The topological polar surface area (TPSA) is 30.0 Å². The van der Waals surface area contributed by atoms with Crippen LogP contribution in [-0.4, -0.2) is 10.8 Å². The zero-order chi connectivity index (χ0) is 13.8. The van der Waals surface area contributed by atoms with Crippen LogP contribution in [0.2, 0.25) is 0 Å². The van der Waals surface area contributed by atoms with Crippen molar-refractivity contribution in [1.82, 2.24) is 4.98 Å². The van der Waals surface area contributed by atoms with Crippen LogP contribution in [-0.2, 0) is 12.8 Å². The van der Waals surface area contributed by atoms with E-state index in [1.807, 2.05) is 30.5 Å².